The van der Waals surface area contributed by atoms with Crippen molar-refractivity contribution in [3.8, 4) is 0 Å². The summed E-state index contributed by atoms with van der Waals surface area (Å²) in [5.41, 5.74) is 0. The molecule has 27 heavy (non-hydrogen) atoms. The lowest BCUT2D eigenvalue weighted by molar-refractivity contribution is -0.132. The molecule has 3 saturated heterocycles. The van der Waals surface area contributed by atoms with Gasteiger partial charge >= 0.3 is 0 Å². The maximum Gasteiger partial charge on any atom is 0.236 e. The third kappa shape index (κ3) is 5.47. The lowest BCUT2D eigenvalue weighted by atomic mass is 9.92. The number of hydrogen-bond acceptors (Lipinski definition) is 5. The van der Waals surface area contributed by atoms with Crippen molar-refractivity contribution in [3.05, 3.63) is 24.4 Å². The Balaban J connectivity index is 0.00000131. The fraction of sp³-hybridized carbons (Fsp3) is 0.684. The molecule has 4 rings (SSSR count). The second-order valence-electron chi connectivity index (χ2n) is 7.59. The first kappa shape index (κ1) is 22.2. The molecule has 3 aliphatic heterocycles. The molecule has 0 aliphatic carbocycles. The number of likely N-dealkylation sites (tertiary alicyclic amines) is 1. The van der Waals surface area contributed by atoms with Crippen LogP contribution < -0.4 is 10.2 Å². The van der Waals surface area contributed by atoms with Crippen LogP contribution in [0.5, 0.6) is 0 Å². The Morgan fingerprint density at radius 3 is 2.26 bits per heavy atom. The van der Waals surface area contributed by atoms with Gasteiger partial charge in [-0.3, -0.25) is 9.69 Å². The summed E-state index contributed by atoms with van der Waals surface area (Å²) in [6.45, 7) is 8.50. The molecular formula is C19H31Cl2N5O. The average molecular weight is 416 g/mol. The van der Waals surface area contributed by atoms with Crippen molar-refractivity contribution in [2.45, 2.75) is 12.8 Å². The molecule has 0 spiro atoms. The first-order valence-electron chi connectivity index (χ1n) is 9.66. The van der Waals surface area contributed by atoms with Crippen LogP contribution >= 0.6 is 24.8 Å². The number of halogens is 2. The first-order chi connectivity index (χ1) is 12.3. The van der Waals surface area contributed by atoms with Gasteiger partial charge < -0.3 is 15.1 Å². The fourth-order valence-electron chi connectivity index (χ4n) is 4.43. The van der Waals surface area contributed by atoms with E-state index in [0.29, 0.717) is 12.5 Å². The van der Waals surface area contributed by atoms with E-state index in [-0.39, 0.29) is 24.8 Å². The van der Waals surface area contributed by atoms with Crippen LogP contribution in [0, 0.1) is 11.8 Å². The van der Waals surface area contributed by atoms with Gasteiger partial charge in [-0.1, -0.05) is 6.07 Å². The van der Waals surface area contributed by atoms with Gasteiger partial charge in [0, 0.05) is 45.5 Å². The summed E-state index contributed by atoms with van der Waals surface area (Å²) in [5.74, 6) is 2.92. The van der Waals surface area contributed by atoms with E-state index in [1.807, 2.05) is 18.3 Å². The summed E-state index contributed by atoms with van der Waals surface area (Å²) in [6.07, 6.45) is 4.17. The highest BCUT2D eigenvalue weighted by Crippen LogP contribution is 2.27. The van der Waals surface area contributed by atoms with Crippen molar-refractivity contribution < 1.29 is 4.79 Å². The molecule has 1 amide bonds. The van der Waals surface area contributed by atoms with Crippen molar-refractivity contribution in [2.75, 3.05) is 63.8 Å². The van der Waals surface area contributed by atoms with Crippen LogP contribution in [0.3, 0.4) is 0 Å². The van der Waals surface area contributed by atoms with E-state index in [1.165, 1.54) is 0 Å². The maximum absolute atomic E-state index is 12.7. The molecule has 0 bridgehead atoms. The van der Waals surface area contributed by atoms with Crippen LogP contribution in [0.1, 0.15) is 12.8 Å². The Labute approximate surface area is 174 Å². The number of carbonyl (C=O) groups excluding carboxylic acids is 1. The molecule has 4 heterocycles. The number of carbonyl (C=O) groups is 1. The van der Waals surface area contributed by atoms with Crippen molar-refractivity contribution >= 4 is 36.5 Å². The van der Waals surface area contributed by atoms with Crippen LogP contribution in [-0.4, -0.2) is 79.6 Å². The molecule has 1 aromatic rings. The molecule has 0 aromatic carbocycles. The Morgan fingerprint density at radius 2 is 1.67 bits per heavy atom. The molecule has 1 N–H and O–H groups in total. The summed E-state index contributed by atoms with van der Waals surface area (Å²) in [7, 11) is 0. The number of fused-ring (bicyclic) bond motifs is 1. The summed E-state index contributed by atoms with van der Waals surface area (Å²) in [6, 6.07) is 6.04. The molecule has 1 aromatic heterocycles. The Morgan fingerprint density at radius 1 is 1.00 bits per heavy atom. The van der Waals surface area contributed by atoms with E-state index in [9.17, 15) is 4.79 Å². The van der Waals surface area contributed by atoms with Crippen molar-refractivity contribution in [3.63, 3.8) is 0 Å². The smallest absolute Gasteiger partial charge is 0.236 e. The Kier molecular flexibility index (Phi) is 8.61. The zero-order valence-electron chi connectivity index (χ0n) is 15.8. The zero-order chi connectivity index (χ0) is 17.1. The molecular weight excluding hydrogens is 385 g/mol. The monoisotopic (exact) mass is 415 g/mol. The topological polar surface area (TPSA) is 51.7 Å². The fourth-order valence-corrected chi connectivity index (χ4v) is 4.43. The molecule has 3 aliphatic rings. The minimum atomic E-state index is 0. The van der Waals surface area contributed by atoms with E-state index in [4.69, 9.17) is 0 Å². The van der Waals surface area contributed by atoms with Crippen LogP contribution in [0.4, 0.5) is 5.82 Å². The van der Waals surface area contributed by atoms with Crippen LogP contribution in [0.15, 0.2) is 24.4 Å². The van der Waals surface area contributed by atoms with E-state index in [0.717, 1.165) is 82.9 Å². The minimum Gasteiger partial charge on any atom is -0.354 e. The van der Waals surface area contributed by atoms with Gasteiger partial charge in [0.15, 0.2) is 0 Å². The van der Waals surface area contributed by atoms with Gasteiger partial charge in [-0.25, -0.2) is 4.98 Å². The summed E-state index contributed by atoms with van der Waals surface area (Å²) in [5, 5.41) is 3.50. The average Bonchev–Trinajstić information content (AvgIpc) is 3.01. The molecule has 0 unspecified atom stereocenters. The van der Waals surface area contributed by atoms with E-state index < -0.39 is 0 Å². The van der Waals surface area contributed by atoms with Crippen molar-refractivity contribution in [1.82, 2.24) is 20.1 Å². The highest BCUT2D eigenvalue weighted by Gasteiger charge is 2.32. The Hall–Kier alpha value is -1.08. The third-order valence-electron chi connectivity index (χ3n) is 6.08. The quantitative estimate of drug-likeness (QED) is 0.810. The van der Waals surface area contributed by atoms with Gasteiger partial charge in [-0.2, -0.15) is 0 Å². The van der Waals surface area contributed by atoms with E-state index in [1.54, 1.807) is 0 Å². The number of nitrogens with one attached hydrogen (secondary N) is 1. The molecule has 0 radical (unpaired) electrons. The predicted octanol–water partition coefficient (Wildman–Crippen LogP) is 1.51. The van der Waals surface area contributed by atoms with Crippen molar-refractivity contribution in [2.24, 2.45) is 11.8 Å². The largest absolute Gasteiger partial charge is 0.354 e. The van der Waals surface area contributed by atoms with Gasteiger partial charge in [0.25, 0.3) is 0 Å². The molecule has 152 valence electrons. The normalized spacial score (nSPS) is 25.8. The SMILES string of the molecule is Cl.Cl.O=C(CN1CCN(c2ccccn2)CC1)N1CC[C@@H]2CNC[C@@H]2CC1. The van der Waals surface area contributed by atoms with E-state index in [2.05, 4.69) is 31.1 Å². The number of hydrogen-bond donors (Lipinski definition) is 1. The number of aromatic nitrogens is 1. The maximum atomic E-state index is 12.7. The van der Waals surface area contributed by atoms with Gasteiger partial charge in [0.05, 0.1) is 6.54 Å². The summed E-state index contributed by atoms with van der Waals surface area (Å²) in [4.78, 5) is 23.9. The molecule has 0 saturated carbocycles. The molecule has 8 heteroatoms. The minimum absolute atomic E-state index is 0. The molecule has 2 atom stereocenters. The molecule has 3 fully saturated rings. The first-order valence-corrected chi connectivity index (χ1v) is 9.66. The molecule has 6 nitrogen and oxygen atoms in total. The standard InChI is InChI=1S/C19H29N5O.2ClH/c25-19(24-7-4-16-13-20-14-17(16)5-8-24)15-22-9-11-23(12-10-22)18-3-1-2-6-21-18;;/h1-3,6,16-17,20H,4-5,7-15H2;2*1H/t16-,17+;;. The Bertz CT molecular complexity index is 569. The lowest BCUT2D eigenvalue weighted by Crippen LogP contribution is -2.50. The third-order valence-corrected chi connectivity index (χ3v) is 6.08. The van der Waals surface area contributed by atoms with Crippen LogP contribution in [0.2, 0.25) is 0 Å². The van der Waals surface area contributed by atoms with Crippen LogP contribution in [0.25, 0.3) is 0 Å². The lowest BCUT2D eigenvalue weighted by Gasteiger charge is -2.36. The number of anilines is 1. The van der Waals surface area contributed by atoms with E-state index >= 15 is 0 Å². The van der Waals surface area contributed by atoms with Gasteiger partial charge in [-0.05, 0) is 49.9 Å². The number of amides is 1. The number of piperazine rings is 1. The summed E-state index contributed by atoms with van der Waals surface area (Å²) >= 11 is 0. The number of rotatable bonds is 3. The summed E-state index contributed by atoms with van der Waals surface area (Å²) < 4.78 is 0. The van der Waals surface area contributed by atoms with Gasteiger partial charge in [0.2, 0.25) is 5.91 Å². The highest BCUT2D eigenvalue weighted by atomic mass is 35.5. The highest BCUT2D eigenvalue weighted by molar-refractivity contribution is 5.85. The predicted molar refractivity (Wildman–Crippen MR) is 113 cm³/mol. The second-order valence-corrected chi connectivity index (χ2v) is 7.59. The van der Waals surface area contributed by atoms with Crippen molar-refractivity contribution in [1.29, 1.82) is 0 Å². The number of nitrogens with zero attached hydrogens (tertiary/aromatic N) is 4. The van der Waals surface area contributed by atoms with Crippen LogP contribution in [-0.2, 0) is 4.79 Å². The second kappa shape index (κ2) is 10.5. The zero-order valence-corrected chi connectivity index (χ0v) is 17.4. The van der Waals surface area contributed by atoms with Gasteiger partial charge in [0.1, 0.15) is 5.82 Å². The van der Waals surface area contributed by atoms with Gasteiger partial charge in [-0.15, -0.1) is 24.8 Å². The number of pyridine rings is 1.